The van der Waals surface area contributed by atoms with Crippen LogP contribution in [0.1, 0.15) is 26.3 Å². The van der Waals surface area contributed by atoms with Crippen LogP contribution in [0.15, 0.2) is 72.8 Å². The fraction of sp³-hybridized carbons (Fsp3) is 0.111. The minimum atomic E-state index is -1.03. The Hall–Kier alpha value is -4.32. The zero-order chi connectivity index (χ0) is 23.5. The number of aromatic nitrogens is 1. The van der Waals surface area contributed by atoms with Crippen molar-refractivity contribution >= 4 is 28.7 Å². The number of carboxylic acids is 1. The Labute approximate surface area is 191 Å². The molecule has 0 fully saturated rings. The Bertz CT molecular complexity index is 1380. The molecule has 0 aliphatic carbocycles. The number of para-hydroxylation sites is 1. The Morgan fingerprint density at radius 1 is 0.879 bits per heavy atom. The first-order valence-electron chi connectivity index (χ1n) is 10.3. The van der Waals surface area contributed by atoms with Gasteiger partial charge in [-0.3, -0.25) is 4.79 Å². The number of aryl methyl sites for hydroxylation is 1. The van der Waals surface area contributed by atoms with Gasteiger partial charge in [-0.25, -0.2) is 4.79 Å². The van der Waals surface area contributed by atoms with Gasteiger partial charge in [0, 0.05) is 40.7 Å². The molecule has 6 nitrogen and oxygen atoms in total. The maximum absolute atomic E-state index is 12.6. The lowest BCUT2D eigenvalue weighted by molar-refractivity contribution is 0.0696. The van der Waals surface area contributed by atoms with E-state index in [0.717, 1.165) is 22.2 Å². The second-order valence-electron chi connectivity index (χ2n) is 7.52. The number of allylic oxidation sites excluding steroid dienone is 1. The monoisotopic (exact) mass is 441 g/mol. The molecule has 0 saturated carbocycles. The normalized spacial score (nSPS) is 11.1. The predicted octanol–water partition coefficient (Wildman–Crippen LogP) is 5.46. The molecule has 1 N–H and O–H groups in total. The number of carboxylic acid groups (broad SMARTS) is 1. The van der Waals surface area contributed by atoms with E-state index in [9.17, 15) is 9.59 Å². The van der Waals surface area contributed by atoms with Gasteiger partial charge in [-0.15, -0.1) is 0 Å². The van der Waals surface area contributed by atoms with Gasteiger partial charge in [-0.05, 0) is 42.5 Å². The standard InChI is InChI=1S/C27H23NO5/c1-28-22-7-5-4-6-19(22)15-23(28)21-14-20(25(32-2)16-26(21)33-3)12-13-24(29)17-8-10-18(11-9-17)27(30)31/h4-16H,1-3H3,(H,30,31)/b13-12+. The van der Waals surface area contributed by atoms with Crippen molar-refractivity contribution in [1.29, 1.82) is 0 Å². The summed E-state index contributed by atoms with van der Waals surface area (Å²) < 4.78 is 13.3. The summed E-state index contributed by atoms with van der Waals surface area (Å²) in [6.45, 7) is 0. The molecule has 0 spiro atoms. The van der Waals surface area contributed by atoms with Gasteiger partial charge in [0.1, 0.15) is 11.5 Å². The number of aromatic carboxylic acids is 1. The van der Waals surface area contributed by atoms with Crippen molar-refractivity contribution in [2.45, 2.75) is 0 Å². The van der Waals surface area contributed by atoms with Gasteiger partial charge < -0.3 is 19.1 Å². The Balaban J connectivity index is 1.74. The van der Waals surface area contributed by atoms with Gasteiger partial charge in [0.05, 0.1) is 25.5 Å². The number of methoxy groups -OCH3 is 2. The number of hydrogen-bond donors (Lipinski definition) is 1. The van der Waals surface area contributed by atoms with Crippen LogP contribution >= 0.6 is 0 Å². The Kier molecular flexibility index (Phi) is 6.00. The molecule has 6 heteroatoms. The summed E-state index contributed by atoms with van der Waals surface area (Å²) in [4.78, 5) is 23.7. The summed E-state index contributed by atoms with van der Waals surface area (Å²) in [6.07, 6.45) is 3.14. The Morgan fingerprint density at radius 2 is 1.55 bits per heavy atom. The largest absolute Gasteiger partial charge is 0.496 e. The molecular weight excluding hydrogens is 418 g/mol. The number of ketones is 1. The second-order valence-corrected chi connectivity index (χ2v) is 7.52. The van der Waals surface area contributed by atoms with Gasteiger partial charge >= 0.3 is 5.97 Å². The van der Waals surface area contributed by atoms with Crippen LogP contribution in [-0.2, 0) is 7.05 Å². The number of hydrogen-bond acceptors (Lipinski definition) is 4. The van der Waals surface area contributed by atoms with Crippen LogP contribution < -0.4 is 9.47 Å². The van der Waals surface area contributed by atoms with Crippen molar-refractivity contribution in [2.75, 3.05) is 14.2 Å². The van der Waals surface area contributed by atoms with Crippen LogP contribution in [0.3, 0.4) is 0 Å². The van der Waals surface area contributed by atoms with Crippen LogP contribution in [0.2, 0.25) is 0 Å². The van der Waals surface area contributed by atoms with E-state index in [1.165, 1.54) is 30.3 Å². The quantitative estimate of drug-likeness (QED) is 0.305. The molecule has 3 aromatic carbocycles. The zero-order valence-corrected chi connectivity index (χ0v) is 18.5. The van der Waals surface area contributed by atoms with Crippen LogP contribution in [-0.4, -0.2) is 35.6 Å². The average Bonchev–Trinajstić information content (AvgIpc) is 3.18. The third-order valence-corrected chi connectivity index (χ3v) is 5.61. The molecule has 0 amide bonds. The SMILES string of the molecule is COc1cc(OC)c(-c2cc3ccccc3n2C)cc1/C=C/C(=O)c1ccc(C(=O)O)cc1. The molecule has 0 aliphatic rings. The van der Waals surface area contributed by atoms with Crippen LogP contribution in [0, 0.1) is 0 Å². The number of nitrogens with zero attached hydrogens (tertiary/aromatic N) is 1. The van der Waals surface area contributed by atoms with Crippen LogP contribution in [0.5, 0.6) is 11.5 Å². The molecule has 1 heterocycles. The van der Waals surface area contributed by atoms with Crippen molar-refractivity contribution in [3.63, 3.8) is 0 Å². The lowest BCUT2D eigenvalue weighted by Crippen LogP contribution is -1.99. The van der Waals surface area contributed by atoms with Crippen LogP contribution in [0.25, 0.3) is 28.2 Å². The smallest absolute Gasteiger partial charge is 0.335 e. The average molecular weight is 441 g/mol. The number of rotatable bonds is 7. The van der Waals surface area contributed by atoms with Gasteiger partial charge in [0.2, 0.25) is 0 Å². The highest BCUT2D eigenvalue weighted by molar-refractivity contribution is 6.07. The zero-order valence-electron chi connectivity index (χ0n) is 18.5. The second kappa shape index (κ2) is 9.04. The van der Waals surface area contributed by atoms with Gasteiger partial charge in [-0.2, -0.15) is 0 Å². The van der Waals surface area contributed by atoms with Crippen molar-refractivity contribution in [1.82, 2.24) is 4.57 Å². The summed E-state index contributed by atoms with van der Waals surface area (Å²) >= 11 is 0. The molecule has 1 aromatic heterocycles. The minimum Gasteiger partial charge on any atom is -0.496 e. The fourth-order valence-electron chi connectivity index (χ4n) is 3.84. The molecule has 33 heavy (non-hydrogen) atoms. The maximum atomic E-state index is 12.6. The van der Waals surface area contributed by atoms with E-state index in [1.807, 2.05) is 25.2 Å². The number of fused-ring (bicyclic) bond motifs is 1. The summed E-state index contributed by atoms with van der Waals surface area (Å²) in [7, 11) is 5.18. The number of carbonyl (C=O) groups excluding carboxylic acids is 1. The van der Waals surface area contributed by atoms with E-state index in [1.54, 1.807) is 26.4 Å². The van der Waals surface area contributed by atoms with Crippen LogP contribution in [0.4, 0.5) is 0 Å². The summed E-state index contributed by atoms with van der Waals surface area (Å²) in [5.74, 6) is -0.0468. The molecule has 4 aromatic rings. The van der Waals surface area contributed by atoms with Crippen molar-refractivity contribution < 1.29 is 24.2 Å². The molecule has 0 aliphatic heterocycles. The molecular formula is C27H23NO5. The van der Waals surface area contributed by atoms with Gasteiger partial charge in [0.25, 0.3) is 0 Å². The summed E-state index contributed by atoms with van der Waals surface area (Å²) in [5.41, 5.74) is 4.19. The number of carbonyl (C=O) groups is 2. The third-order valence-electron chi connectivity index (χ3n) is 5.61. The highest BCUT2D eigenvalue weighted by Gasteiger charge is 2.16. The lowest BCUT2D eigenvalue weighted by Gasteiger charge is -2.14. The third kappa shape index (κ3) is 4.23. The molecule has 0 unspecified atom stereocenters. The van der Waals surface area contributed by atoms with E-state index < -0.39 is 5.97 Å². The first-order valence-corrected chi connectivity index (χ1v) is 10.3. The minimum absolute atomic E-state index is 0.131. The summed E-state index contributed by atoms with van der Waals surface area (Å²) in [5, 5.41) is 10.1. The van der Waals surface area contributed by atoms with E-state index in [4.69, 9.17) is 14.6 Å². The molecule has 0 atom stereocenters. The maximum Gasteiger partial charge on any atom is 0.335 e. The molecule has 0 saturated heterocycles. The molecule has 166 valence electrons. The van der Waals surface area contributed by atoms with E-state index in [2.05, 4.69) is 22.8 Å². The Morgan fingerprint density at radius 3 is 2.18 bits per heavy atom. The van der Waals surface area contributed by atoms with Gasteiger partial charge in [-0.1, -0.05) is 30.3 Å². The van der Waals surface area contributed by atoms with E-state index in [0.29, 0.717) is 22.6 Å². The first kappa shape index (κ1) is 21.9. The number of ether oxygens (including phenoxy) is 2. The first-order chi connectivity index (χ1) is 15.9. The molecule has 0 bridgehead atoms. The van der Waals surface area contributed by atoms with E-state index >= 15 is 0 Å². The van der Waals surface area contributed by atoms with Gasteiger partial charge in [0.15, 0.2) is 5.78 Å². The molecule has 0 radical (unpaired) electrons. The lowest BCUT2D eigenvalue weighted by atomic mass is 10.0. The van der Waals surface area contributed by atoms with Crippen molar-refractivity contribution in [2.24, 2.45) is 7.05 Å². The van der Waals surface area contributed by atoms with Crippen molar-refractivity contribution in [3.8, 4) is 22.8 Å². The molecule has 4 rings (SSSR count). The summed E-state index contributed by atoms with van der Waals surface area (Å²) in [6, 6.07) is 19.8. The van der Waals surface area contributed by atoms with Crippen molar-refractivity contribution in [3.05, 3.63) is 89.5 Å². The highest BCUT2D eigenvalue weighted by Crippen LogP contribution is 2.38. The topological polar surface area (TPSA) is 77.8 Å². The highest BCUT2D eigenvalue weighted by atomic mass is 16.5. The fourth-order valence-corrected chi connectivity index (χ4v) is 3.84. The predicted molar refractivity (Wildman–Crippen MR) is 128 cm³/mol. The van der Waals surface area contributed by atoms with E-state index in [-0.39, 0.29) is 11.3 Å². The number of benzene rings is 3.